The van der Waals surface area contributed by atoms with Gasteiger partial charge in [-0.15, -0.1) is 0 Å². The van der Waals surface area contributed by atoms with Crippen molar-refractivity contribution in [3.63, 3.8) is 0 Å². The Bertz CT molecular complexity index is 1930. The van der Waals surface area contributed by atoms with Crippen LogP contribution >= 0.6 is 0 Å². The molecule has 1 atom stereocenters. The Labute approximate surface area is 231 Å². The van der Waals surface area contributed by atoms with E-state index in [1.807, 2.05) is 0 Å². The van der Waals surface area contributed by atoms with Crippen molar-refractivity contribution in [1.82, 2.24) is 0 Å². The van der Waals surface area contributed by atoms with Crippen molar-refractivity contribution in [2.24, 2.45) is 0 Å². The average Bonchev–Trinajstić information content (AvgIpc) is 3.16. The lowest BCUT2D eigenvalue weighted by molar-refractivity contribution is 0.590. The van der Waals surface area contributed by atoms with Crippen LogP contribution in [0.3, 0.4) is 0 Å². The van der Waals surface area contributed by atoms with Gasteiger partial charge in [0.15, 0.2) is 0 Å². The third-order valence-corrected chi connectivity index (χ3v) is 9.70. The molecule has 0 aliphatic heterocycles. The summed E-state index contributed by atoms with van der Waals surface area (Å²) in [6.07, 6.45) is 6.09. The summed E-state index contributed by atoms with van der Waals surface area (Å²) in [6.45, 7) is 11.8. The van der Waals surface area contributed by atoms with Crippen LogP contribution in [-0.2, 0) is 17.3 Å². The monoisotopic (exact) mass is 502 g/mol. The number of rotatable bonds is 1. The fraction of sp³-hybridized carbons (Fsp3) is 0.231. The highest BCUT2D eigenvalue weighted by atomic mass is 14.5. The largest absolute Gasteiger partial charge is 0.0753 e. The minimum absolute atomic E-state index is 0.0171. The summed E-state index contributed by atoms with van der Waals surface area (Å²) < 4.78 is 0. The molecule has 5 aromatic rings. The fourth-order valence-electron chi connectivity index (χ4n) is 7.53. The topological polar surface area (TPSA) is 0 Å². The van der Waals surface area contributed by atoms with Crippen LogP contribution in [0.25, 0.3) is 44.3 Å². The van der Waals surface area contributed by atoms with E-state index >= 15 is 0 Å². The highest BCUT2D eigenvalue weighted by molar-refractivity contribution is 6.06. The Morgan fingerprint density at radius 2 is 1.49 bits per heavy atom. The lowest BCUT2D eigenvalue weighted by Gasteiger charge is -2.34. The van der Waals surface area contributed by atoms with Gasteiger partial charge < -0.3 is 0 Å². The smallest absolute Gasteiger partial charge is 0.0317 e. The zero-order valence-electron chi connectivity index (χ0n) is 23.5. The number of hydrogen-bond acceptors (Lipinski definition) is 0. The van der Waals surface area contributed by atoms with Crippen LogP contribution in [0.2, 0.25) is 0 Å². The molecule has 0 bridgehead atoms. The molecule has 0 saturated carbocycles. The minimum atomic E-state index is -0.0171. The van der Waals surface area contributed by atoms with Crippen LogP contribution in [0.1, 0.15) is 73.9 Å². The van der Waals surface area contributed by atoms with Crippen molar-refractivity contribution in [1.29, 1.82) is 0 Å². The Hall–Kier alpha value is -3.90. The Balaban J connectivity index is 1.30. The van der Waals surface area contributed by atoms with Gasteiger partial charge in [-0.3, -0.25) is 0 Å². The van der Waals surface area contributed by atoms with E-state index in [-0.39, 0.29) is 10.8 Å². The molecular formula is C39H34. The van der Waals surface area contributed by atoms with E-state index in [4.69, 9.17) is 0 Å². The fourth-order valence-corrected chi connectivity index (χ4v) is 7.53. The maximum atomic E-state index is 2.55. The summed E-state index contributed by atoms with van der Waals surface area (Å²) in [4.78, 5) is 0. The molecule has 0 fully saturated rings. The Morgan fingerprint density at radius 1 is 0.744 bits per heavy atom. The van der Waals surface area contributed by atoms with Gasteiger partial charge in [0.1, 0.15) is 0 Å². The summed E-state index contributed by atoms with van der Waals surface area (Å²) in [7, 11) is 0. The van der Waals surface area contributed by atoms with E-state index in [0.717, 1.165) is 6.42 Å². The second-order valence-corrected chi connectivity index (χ2v) is 13.4. The zero-order chi connectivity index (χ0) is 26.7. The third kappa shape index (κ3) is 3.18. The first kappa shape index (κ1) is 23.0. The highest BCUT2D eigenvalue weighted by Gasteiger charge is 2.46. The molecule has 0 N–H and O–H groups in total. The van der Waals surface area contributed by atoms with Crippen LogP contribution in [0.4, 0.5) is 0 Å². The first-order chi connectivity index (χ1) is 18.7. The Kier molecular flexibility index (Phi) is 4.49. The van der Waals surface area contributed by atoms with Gasteiger partial charge in [-0.05, 0) is 101 Å². The molecule has 3 aliphatic carbocycles. The summed E-state index contributed by atoms with van der Waals surface area (Å²) in [5, 5.41) is 5.46. The van der Waals surface area contributed by atoms with Crippen LogP contribution in [-0.4, -0.2) is 0 Å². The van der Waals surface area contributed by atoms with Crippen LogP contribution < -0.4 is 0 Å². The van der Waals surface area contributed by atoms with Gasteiger partial charge in [0.2, 0.25) is 0 Å². The van der Waals surface area contributed by atoms with E-state index < -0.39 is 0 Å². The van der Waals surface area contributed by atoms with Gasteiger partial charge in [-0.2, -0.15) is 0 Å². The zero-order valence-corrected chi connectivity index (χ0v) is 23.5. The number of allylic oxidation sites excluding steroid dienone is 3. The van der Waals surface area contributed by atoms with Gasteiger partial charge in [-0.1, -0.05) is 120 Å². The first-order valence-corrected chi connectivity index (χ1v) is 14.4. The van der Waals surface area contributed by atoms with Crippen molar-refractivity contribution in [3.05, 3.63) is 130 Å². The number of fused-ring (bicyclic) bond motifs is 5. The maximum Gasteiger partial charge on any atom is 0.0317 e. The average molecular weight is 503 g/mol. The second-order valence-electron chi connectivity index (χ2n) is 13.4. The van der Waals surface area contributed by atoms with E-state index in [9.17, 15) is 0 Å². The second kappa shape index (κ2) is 7.60. The molecule has 190 valence electrons. The van der Waals surface area contributed by atoms with E-state index in [1.54, 1.807) is 5.57 Å². The van der Waals surface area contributed by atoms with Crippen molar-refractivity contribution in [3.8, 4) is 11.1 Å². The standard InChI is InChI=1S/C39H34/c1-38(2,3)30-19-27-12-13-29-22-34-37(32-17-15-28(20-30)35(27)36(29)32)31-16-14-26(21-33(31)39(34,4)5)25-11-10-23-8-6-7-9-24(23)18-25/h6-14,16-22,37H,15H2,1-5H3. The SMILES string of the molecule is CC(C)(C)c1cc2c3c4c(ccc3c1)C=C1C(C4=CC2)c2ccc(-c3ccc4ccccc4c3)cc2C1(C)C. The summed E-state index contributed by atoms with van der Waals surface area (Å²) in [6, 6.07) is 32.4. The van der Waals surface area contributed by atoms with Crippen molar-refractivity contribution in [2.45, 2.75) is 57.8 Å². The van der Waals surface area contributed by atoms with E-state index in [1.165, 1.54) is 71.6 Å². The lowest BCUT2D eigenvalue weighted by atomic mass is 9.69. The van der Waals surface area contributed by atoms with Crippen molar-refractivity contribution >= 4 is 33.2 Å². The molecule has 0 amide bonds. The molecule has 0 aromatic heterocycles. The molecule has 0 heteroatoms. The number of benzene rings is 5. The van der Waals surface area contributed by atoms with Gasteiger partial charge in [0.25, 0.3) is 0 Å². The molecule has 1 unspecified atom stereocenters. The molecule has 0 spiro atoms. The normalized spacial score (nSPS) is 18.5. The van der Waals surface area contributed by atoms with E-state index in [2.05, 4.69) is 132 Å². The third-order valence-electron chi connectivity index (χ3n) is 9.70. The van der Waals surface area contributed by atoms with Crippen molar-refractivity contribution < 1.29 is 0 Å². The molecule has 3 aliphatic rings. The van der Waals surface area contributed by atoms with Gasteiger partial charge in [-0.25, -0.2) is 0 Å². The minimum Gasteiger partial charge on any atom is -0.0753 e. The summed E-state index contributed by atoms with van der Waals surface area (Å²) in [5.74, 6) is 0.342. The van der Waals surface area contributed by atoms with Crippen LogP contribution in [0.5, 0.6) is 0 Å². The molecule has 0 nitrogen and oxygen atoms in total. The molecule has 0 saturated heterocycles. The van der Waals surface area contributed by atoms with Gasteiger partial charge in [0.05, 0.1) is 0 Å². The predicted octanol–water partition coefficient (Wildman–Crippen LogP) is 10.4. The molecular weight excluding hydrogens is 468 g/mol. The van der Waals surface area contributed by atoms with E-state index in [0.29, 0.717) is 5.92 Å². The molecule has 5 aromatic carbocycles. The summed E-state index contributed by atoms with van der Waals surface area (Å²) >= 11 is 0. The Morgan fingerprint density at radius 3 is 2.31 bits per heavy atom. The summed E-state index contributed by atoms with van der Waals surface area (Å²) in [5.41, 5.74) is 14.5. The molecule has 8 rings (SSSR count). The number of hydrogen-bond donors (Lipinski definition) is 0. The molecule has 39 heavy (non-hydrogen) atoms. The van der Waals surface area contributed by atoms with Crippen LogP contribution in [0.15, 0.2) is 96.6 Å². The van der Waals surface area contributed by atoms with Gasteiger partial charge in [0, 0.05) is 11.3 Å². The maximum absolute atomic E-state index is 2.55. The molecule has 0 heterocycles. The van der Waals surface area contributed by atoms with Gasteiger partial charge >= 0.3 is 0 Å². The van der Waals surface area contributed by atoms with Crippen molar-refractivity contribution in [2.75, 3.05) is 0 Å². The lowest BCUT2D eigenvalue weighted by Crippen LogP contribution is -2.20. The quantitative estimate of drug-likeness (QED) is 0.214. The first-order valence-electron chi connectivity index (χ1n) is 14.4. The van der Waals surface area contributed by atoms with Crippen LogP contribution in [0, 0.1) is 0 Å². The predicted molar refractivity (Wildman–Crippen MR) is 167 cm³/mol. The molecule has 0 radical (unpaired) electrons. The highest BCUT2D eigenvalue weighted by Crippen LogP contribution is 2.60.